The zero-order chi connectivity index (χ0) is 17.0. The Labute approximate surface area is 141 Å². The summed E-state index contributed by atoms with van der Waals surface area (Å²) < 4.78 is 20.8. The Morgan fingerprint density at radius 1 is 1.17 bits per heavy atom. The number of hydrogen-bond donors (Lipinski definition) is 0. The molecule has 0 fully saturated rings. The minimum Gasteiger partial charge on any atom is -0.497 e. The Hall–Kier alpha value is -2.06. The first-order chi connectivity index (χ1) is 11.0. The molecule has 0 spiro atoms. The first-order valence-electron chi connectivity index (χ1n) is 6.62. The van der Waals surface area contributed by atoms with Crippen LogP contribution >= 0.6 is 15.9 Å². The highest BCUT2D eigenvalue weighted by molar-refractivity contribution is 9.10. The van der Waals surface area contributed by atoms with Crippen LogP contribution in [0.5, 0.6) is 5.75 Å². The van der Waals surface area contributed by atoms with Gasteiger partial charge in [-0.15, -0.1) is 0 Å². The van der Waals surface area contributed by atoms with E-state index in [2.05, 4.69) is 15.9 Å². The third-order valence-corrected chi connectivity index (χ3v) is 3.91. The zero-order valence-corrected chi connectivity index (χ0v) is 14.5. The molecule has 0 unspecified atom stereocenters. The molecule has 0 saturated carbocycles. The number of benzene rings is 1. The second-order valence-corrected chi connectivity index (χ2v) is 5.39. The molecule has 1 aliphatic rings. The van der Waals surface area contributed by atoms with E-state index in [9.17, 15) is 9.59 Å². The summed E-state index contributed by atoms with van der Waals surface area (Å²) in [5.74, 6) is -0.633. The molecule has 0 radical (unpaired) electrons. The lowest BCUT2D eigenvalue weighted by atomic mass is 10.1. The Morgan fingerprint density at radius 3 is 2.43 bits per heavy atom. The minimum absolute atomic E-state index is 0.0264. The van der Waals surface area contributed by atoms with Crippen LogP contribution in [-0.2, 0) is 23.8 Å². The number of anilines is 1. The minimum atomic E-state index is -0.642. The second-order valence-electron chi connectivity index (χ2n) is 4.53. The van der Waals surface area contributed by atoms with E-state index in [1.807, 2.05) is 0 Å². The summed E-state index contributed by atoms with van der Waals surface area (Å²) in [6.45, 7) is 0.0667. The molecule has 1 aromatic carbocycles. The van der Waals surface area contributed by atoms with E-state index in [1.165, 1.54) is 14.2 Å². The molecule has 1 aliphatic heterocycles. The number of nitrogens with zero attached hydrogens (tertiary/aromatic N) is 1. The van der Waals surface area contributed by atoms with Crippen LogP contribution in [0.4, 0.5) is 5.69 Å². The fourth-order valence-corrected chi connectivity index (χ4v) is 2.74. The number of ether oxygens (including phenoxy) is 4. The van der Waals surface area contributed by atoms with Gasteiger partial charge in [0.1, 0.15) is 18.2 Å². The molecular weight excluding hydrogens is 370 g/mol. The fourth-order valence-electron chi connectivity index (χ4n) is 2.17. The molecular formula is C15H16BrNO6. The second kappa shape index (κ2) is 7.47. The van der Waals surface area contributed by atoms with Crippen molar-refractivity contribution in [3.63, 3.8) is 0 Å². The average Bonchev–Trinajstić information content (AvgIpc) is 2.59. The highest BCUT2D eigenvalue weighted by Crippen LogP contribution is 2.34. The van der Waals surface area contributed by atoms with Crippen molar-refractivity contribution in [3.05, 3.63) is 33.9 Å². The van der Waals surface area contributed by atoms with Crippen LogP contribution in [0.3, 0.4) is 0 Å². The van der Waals surface area contributed by atoms with Gasteiger partial charge in [0.05, 0.1) is 39.2 Å². The third-order valence-electron chi connectivity index (χ3n) is 3.28. The third kappa shape index (κ3) is 3.48. The van der Waals surface area contributed by atoms with Crippen molar-refractivity contribution in [2.45, 2.75) is 0 Å². The van der Waals surface area contributed by atoms with Crippen LogP contribution in [0, 0.1) is 0 Å². The summed E-state index contributed by atoms with van der Waals surface area (Å²) >= 11 is 3.43. The Balaban J connectivity index is 2.55. The Bertz CT molecular complexity index is 657. The van der Waals surface area contributed by atoms with Crippen molar-refractivity contribution in [2.75, 3.05) is 39.6 Å². The maximum atomic E-state index is 12.2. The maximum absolute atomic E-state index is 12.2. The van der Waals surface area contributed by atoms with Crippen molar-refractivity contribution < 1.29 is 28.5 Å². The topological polar surface area (TPSA) is 74.3 Å². The van der Waals surface area contributed by atoms with E-state index < -0.39 is 11.9 Å². The van der Waals surface area contributed by atoms with Crippen LogP contribution in [0.1, 0.15) is 0 Å². The van der Waals surface area contributed by atoms with Crippen LogP contribution in [0.25, 0.3) is 0 Å². The number of methoxy groups -OCH3 is 3. The molecule has 1 aromatic rings. The molecule has 0 atom stereocenters. The summed E-state index contributed by atoms with van der Waals surface area (Å²) in [7, 11) is 4.05. The number of rotatable bonds is 4. The van der Waals surface area contributed by atoms with E-state index in [0.717, 1.165) is 0 Å². The van der Waals surface area contributed by atoms with Crippen molar-refractivity contribution in [2.24, 2.45) is 0 Å². The van der Waals surface area contributed by atoms with Gasteiger partial charge < -0.3 is 23.8 Å². The van der Waals surface area contributed by atoms with E-state index in [0.29, 0.717) is 15.9 Å². The highest BCUT2D eigenvalue weighted by atomic mass is 79.9. The predicted octanol–water partition coefficient (Wildman–Crippen LogP) is 1.85. The fraction of sp³-hybridized carbons (Fsp3) is 0.333. The predicted molar refractivity (Wildman–Crippen MR) is 85.1 cm³/mol. The average molecular weight is 386 g/mol. The van der Waals surface area contributed by atoms with E-state index in [-0.39, 0.29) is 24.6 Å². The molecule has 0 aromatic heterocycles. The van der Waals surface area contributed by atoms with Crippen molar-refractivity contribution in [3.8, 4) is 5.75 Å². The van der Waals surface area contributed by atoms with Gasteiger partial charge in [0, 0.05) is 4.47 Å². The molecule has 8 heteroatoms. The quantitative estimate of drug-likeness (QED) is 0.732. The standard InChI is InChI=1S/C15H16BrNO6/c1-20-9-4-5-12(11(16)6-9)17-8-23-7-10(14(18)21-2)13(17)15(19)22-3/h4-6H,7-8H2,1-3H3. The summed E-state index contributed by atoms with van der Waals surface area (Å²) in [6, 6.07) is 5.23. The number of hydrogen-bond acceptors (Lipinski definition) is 7. The van der Waals surface area contributed by atoms with E-state index >= 15 is 0 Å². The molecule has 0 saturated heterocycles. The largest absolute Gasteiger partial charge is 0.497 e. The van der Waals surface area contributed by atoms with Crippen LogP contribution in [-0.4, -0.2) is 46.6 Å². The molecule has 2 rings (SSSR count). The molecule has 0 aliphatic carbocycles. The Kier molecular flexibility index (Phi) is 5.62. The van der Waals surface area contributed by atoms with Gasteiger partial charge in [-0.3, -0.25) is 0 Å². The summed E-state index contributed by atoms with van der Waals surface area (Å²) in [6.07, 6.45) is 0. The van der Waals surface area contributed by atoms with Crippen LogP contribution < -0.4 is 9.64 Å². The monoisotopic (exact) mass is 385 g/mol. The molecule has 23 heavy (non-hydrogen) atoms. The highest BCUT2D eigenvalue weighted by Gasteiger charge is 2.33. The number of esters is 2. The maximum Gasteiger partial charge on any atom is 0.355 e. The van der Waals surface area contributed by atoms with Gasteiger partial charge in [-0.2, -0.15) is 0 Å². The SMILES string of the molecule is COC(=O)C1=C(C(=O)OC)N(c2ccc(OC)cc2Br)COC1. The van der Waals surface area contributed by atoms with Gasteiger partial charge in [0.2, 0.25) is 0 Å². The van der Waals surface area contributed by atoms with Crippen LogP contribution in [0.15, 0.2) is 33.9 Å². The first kappa shape index (κ1) is 17.3. The molecule has 7 nitrogen and oxygen atoms in total. The van der Waals surface area contributed by atoms with Crippen LogP contribution in [0.2, 0.25) is 0 Å². The van der Waals surface area contributed by atoms with Crippen molar-refractivity contribution >= 4 is 33.6 Å². The lowest BCUT2D eigenvalue weighted by Gasteiger charge is -2.32. The van der Waals surface area contributed by atoms with Gasteiger partial charge in [0.25, 0.3) is 0 Å². The smallest absolute Gasteiger partial charge is 0.355 e. The van der Waals surface area contributed by atoms with Gasteiger partial charge in [-0.05, 0) is 34.1 Å². The molecule has 0 amide bonds. The lowest BCUT2D eigenvalue weighted by molar-refractivity contribution is -0.140. The Morgan fingerprint density at radius 2 is 1.87 bits per heavy atom. The van der Waals surface area contributed by atoms with Crippen molar-refractivity contribution in [1.29, 1.82) is 0 Å². The van der Waals surface area contributed by atoms with Gasteiger partial charge in [0.15, 0.2) is 0 Å². The molecule has 124 valence electrons. The van der Waals surface area contributed by atoms with Gasteiger partial charge >= 0.3 is 11.9 Å². The number of halogens is 1. The number of carbonyl (C=O) groups is 2. The summed E-state index contributed by atoms with van der Waals surface area (Å²) in [5, 5.41) is 0. The van der Waals surface area contributed by atoms with E-state index in [4.69, 9.17) is 18.9 Å². The normalized spacial score (nSPS) is 14.5. The summed E-state index contributed by atoms with van der Waals surface area (Å²) in [5.41, 5.74) is 0.831. The molecule has 0 bridgehead atoms. The van der Waals surface area contributed by atoms with Crippen molar-refractivity contribution in [1.82, 2.24) is 0 Å². The van der Waals surface area contributed by atoms with E-state index in [1.54, 1.807) is 30.2 Å². The zero-order valence-electron chi connectivity index (χ0n) is 12.9. The van der Waals surface area contributed by atoms with Gasteiger partial charge in [-0.25, -0.2) is 9.59 Å². The molecule has 0 N–H and O–H groups in total. The molecule has 1 heterocycles. The number of carbonyl (C=O) groups excluding carboxylic acids is 2. The lowest BCUT2D eigenvalue weighted by Crippen LogP contribution is -2.39. The first-order valence-corrected chi connectivity index (χ1v) is 7.41. The summed E-state index contributed by atoms with van der Waals surface area (Å²) in [4.78, 5) is 25.7. The van der Waals surface area contributed by atoms with Gasteiger partial charge in [-0.1, -0.05) is 0 Å².